The Morgan fingerprint density at radius 3 is 3.00 bits per heavy atom. The minimum atomic E-state index is 0.304. The van der Waals surface area contributed by atoms with Crippen LogP contribution in [0.15, 0.2) is 0 Å². The average Bonchev–Trinajstić information content (AvgIpc) is 2.41. The van der Waals surface area contributed by atoms with E-state index in [0.717, 1.165) is 19.0 Å². The van der Waals surface area contributed by atoms with E-state index in [1.54, 1.807) is 0 Å². The summed E-state index contributed by atoms with van der Waals surface area (Å²) in [4.78, 5) is 2.41. The highest BCUT2D eigenvalue weighted by atomic mass is 16.3. The summed E-state index contributed by atoms with van der Waals surface area (Å²) in [5.41, 5.74) is 0. The van der Waals surface area contributed by atoms with Gasteiger partial charge in [0.25, 0.3) is 0 Å². The van der Waals surface area contributed by atoms with Crippen molar-refractivity contribution in [2.75, 3.05) is 39.8 Å². The third-order valence-corrected chi connectivity index (χ3v) is 3.07. The van der Waals surface area contributed by atoms with Crippen molar-refractivity contribution >= 4 is 0 Å². The number of hydrogen-bond donors (Lipinski definition) is 2. The topological polar surface area (TPSA) is 35.5 Å². The van der Waals surface area contributed by atoms with Crippen molar-refractivity contribution in [2.24, 2.45) is 5.92 Å². The Kier molecular flexibility index (Phi) is 6.15. The normalized spacial score (nSPS) is 24.9. The SMILES string of the molecule is CNCCC1CCCCN(CCO)C1. The summed E-state index contributed by atoms with van der Waals surface area (Å²) in [6, 6.07) is 0. The van der Waals surface area contributed by atoms with Gasteiger partial charge in [-0.25, -0.2) is 0 Å². The second-order valence-corrected chi connectivity index (χ2v) is 4.28. The Hall–Kier alpha value is -0.120. The Morgan fingerprint density at radius 2 is 2.29 bits per heavy atom. The maximum atomic E-state index is 8.92. The van der Waals surface area contributed by atoms with Gasteiger partial charge in [-0.15, -0.1) is 0 Å². The maximum absolute atomic E-state index is 8.92. The Morgan fingerprint density at radius 1 is 1.43 bits per heavy atom. The van der Waals surface area contributed by atoms with Crippen molar-refractivity contribution in [3.8, 4) is 0 Å². The van der Waals surface area contributed by atoms with Crippen LogP contribution in [-0.2, 0) is 0 Å². The monoisotopic (exact) mass is 200 g/mol. The summed E-state index contributed by atoms with van der Waals surface area (Å²) in [6.45, 7) is 4.64. The highest BCUT2D eigenvalue weighted by Crippen LogP contribution is 2.18. The molecule has 3 nitrogen and oxygen atoms in total. The zero-order chi connectivity index (χ0) is 10.2. The van der Waals surface area contributed by atoms with E-state index in [9.17, 15) is 0 Å². The van der Waals surface area contributed by atoms with Crippen molar-refractivity contribution in [1.29, 1.82) is 0 Å². The van der Waals surface area contributed by atoms with Crippen LogP contribution >= 0.6 is 0 Å². The predicted octanol–water partition coefficient (Wildman–Crippen LogP) is 0.690. The molecule has 1 aliphatic rings. The largest absolute Gasteiger partial charge is 0.395 e. The second-order valence-electron chi connectivity index (χ2n) is 4.28. The molecule has 1 aliphatic heterocycles. The van der Waals surface area contributed by atoms with Crippen LogP contribution in [0, 0.1) is 5.92 Å². The molecule has 0 radical (unpaired) electrons. The van der Waals surface area contributed by atoms with Gasteiger partial charge < -0.3 is 15.3 Å². The molecule has 14 heavy (non-hydrogen) atoms. The van der Waals surface area contributed by atoms with Gasteiger partial charge in [-0.2, -0.15) is 0 Å². The van der Waals surface area contributed by atoms with E-state index < -0.39 is 0 Å². The molecule has 3 heteroatoms. The number of likely N-dealkylation sites (tertiary alicyclic amines) is 1. The lowest BCUT2D eigenvalue weighted by Gasteiger charge is -2.23. The van der Waals surface area contributed by atoms with Gasteiger partial charge in [0.1, 0.15) is 0 Å². The van der Waals surface area contributed by atoms with Gasteiger partial charge in [0, 0.05) is 13.1 Å². The molecule has 1 rings (SSSR count). The number of aliphatic hydroxyl groups is 1. The number of hydrogen-bond acceptors (Lipinski definition) is 3. The second kappa shape index (κ2) is 7.21. The fraction of sp³-hybridized carbons (Fsp3) is 1.00. The van der Waals surface area contributed by atoms with E-state index in [2.05, 4.69) is 10.2 Å². The molecule has 0 aromatic heterocycles. The molecule has 0 saturated carbocycles. The molecule has 1 fully saturated rings. The molecule has 0 aromatic carbocycles. The molecule has 1 atom stereocenters. The van der Waals surface area contributed by atoms with E-state index >= 15 is 0 Å². The number of rotatable bonds is 5. The lowest BCUT2D eigenvalue weighted by atomic mass is 10.00. The third-order valence-electron chi connectivity index (χ3n) is 3.07. The first-order valence-electron chi connectivity index (χ1n) is 5.84. The Bertz CT molecular complexity index is 141. The maximum Gasteiger partial charge on any atom is 0.0558 e. The summed E-state index contributed by atoms with van der Waals surface area (Å²) in [6.07, 6.45) is 5.30. The minimum Gasteiger partial charge on any atom is -0.395 e. The minimum absolute atomic E-state index is 0.304. The molecular weight excluding hydrogens is 176 g/mol. The summed E-state index contributed by atoms with van der Waals surface area (Å²) >= 11 is 0. The first-order valence-corrected chi connectivity index (χ1v) is 5.84. The van der Waals surface area contributed by atoms with E-state index in [4.69, 9.17) is 5.11 Å². The molecule has 1 saturated heterocycles. The fourth-order valence-electron chi connectivity index (χ4n) is 2.24. The van der Waals surface area contributed by atoms with Crippen LogP contribution in [0.1, 0.15) is 25.7 Å². The van der Waals surface area contributed by atoms with Gasteiger partial charge in [0.05, 0.1) is 6.61 Å². The predicted molar refractivity (Wildman–Crippen MR) is 59.4 cm³/mol. The van der Waals surface area contributed by atoms with Crippen LogP contribution in [0.5, 0.6) is 0 Å². The lowest BCUT2D eigenvalue weighted by molar-refractivity contribution is 0.182. The smallest absolute Gasteiger partial charge is 0.0558 e. The van der Waals surface area contributed by atoms with Gasteiger partial charge in [-0.1, -0.05) is 6.42 Å². The molecule has 0 bridgehead atoms. The van der Waals surface area contributed by atoms with E-state index in [1.807, 2.05) is 7.05 Å². The van der Waals surface area contributed by atoms with Crippen LogP contribution in [0.2, 0.25) is 0 Å². The molecule has 1 heterocycles. The molecule has 0 spiro atoms. The zero-order valence-electron chi connectivity index (χ0n) is 9.34. The summed E-state index contributed by atoms with van der Waals surface area (Å²) in [5.74, 6) is 0.830. The summed E-state index contributed by atoms with van der Waals surface area (Å²) < 4.78 is 0. The quantitative estimate of drug-likeness (QED) is 0.685. The van der Waals surface area contributed by atoms with E-state index in [0.29, 0.717) is 6.61 Å². The van der Waals surface area contributed by atoms with E-state index in [1.165, 1.54) is 38.8 Å². The molecule has 2 N–H and O–H groups in total. The van der Waals surface area contributed by atoms with Crippen LogP contribution < -0.4 is 5.32 Å². The number of nitrogens with zero attached hydrogens (tertiary/aromatic N) is 1. The summed E-state index contributed by atoms with van der Waals surface area (Å²) in [5, 5.41) is 12.1. The molecule has 0 aromatic rings. The lowest BCUT2D eigenvalue weighted by Crippen LogP contribution is -2.32. The number of β-amino-alcohol motifs (C(OH)–C–C–N with tert-alkyl or cyclic N) is 1. The number of nitrogens with one attached hydrogen (secondary N) is 1. The zero-order valence-corrected chi connectivity index (χ0v) is 9.34. The van der Waals surface area contributed by atoms with Gasteiger partial charge in [0.15, 0.2) is 0 Å². The van der Waals surface area contributed by atoms with Crippen LogP contribution in [0.4, 0.5) is 0 Å². The van der Waals surface area contributed by atoms with Crippen LogP contribution in [0.3, 0.4) is 0 Å². The molecule has 1 unspecified atom stereocenters. The highest BCUT2D eigenvalue weighted by Gasteiger charge is 2.16. The summed E-state index contributed by atoms with van der Waals surface area (Å²) in [7, 11) is 2.02. The van der Waals surface area contributed by atoms with Crippen LogP contribution in [0.25, 0.3) is 0 Å². The van der Waals surface area contributed by atoms with Crippen molar-refractivity contribution in [3.05, 3.63) is 0 Å². The first-order chi connectivity index (χ1) is 6.86. The van der Waals surface area contributed by atoms with Gasteiger partial charge >= 0.3 is 0 Å². The van der Waals surface area contributed by atoms with Crippen molar-refractivity contribution in [2.45, 2.75) is 25.7 Å². The van der Waals surface area contributed by atoms with Crippen molar-refractivity contribution in [1.82, 2.24) is 10.2 Å². The number of aliphatic hydroxyl groups excluding tert-OH is 1. The molecule has 0 amide bonds. The van der Waals surface area contributed by atoms with Gasteiger partial charge in [-0.3, -0.25) is 0 Å². The van der Waals surface area contributed by atoms with Crippen molar-refractivity contribution in [3.63, 3.8) is 0 Å². The fourth-order valence-corrected chi connectivity index (χ4v) is 2.24. The molecular formula is C11H24N2O. The Labute approximate surface area is 87.5 Å². The molecule has 84 valence electrons. The van der Waals surface area contributed by atoms with Gasteiger partial charge in [0.2, 0.25) is 0 Å². The standard InChI is InChI=1S/C11H24N2O/c1-12-6-5-11-4-2-3-7-13(10-11)8-9-14/h11-12,14H,2-10H2,1H3. The Balaban J connectivity index is 2.27. The third kappa shape index (κ3) is 4.40. The van der Waals surface area contributed by atoms with Gasteiger partial charge in [-0.05, 0) is 45.3 Å². The first kappa shape index (κ1) is 12.0. The van der Waals surface area contributed by atoms with Crippen LogP contribution in [-0.4, -0.2) is 49.8 Å². The van der Waals surface area contributed by atoms with E-state index in [-0.39, 0.29) is 0 Å². The average molecular weight is 200 g/mol. The molecule has 0 aliphatic carbocycles. The highest BCUT2D eigenvalue weighted by molar-refractivity contribution is 4.71. The van der Waals surface area contributed by atoms with Crippen molar-refractivity contribution < 1.29 is 5.11 Å².